The van der Waals surface area contributed by atoms with Crippen molar-refractivity contribution in [3.05, 3.63) is 29.8 Å². The van der Waals surface area contributed by atoms with Gasteiger partial charge in [-0.1, -0.05) is 13.8 Å². The minimum atomic E-state index is -0.437. The molecule has 0 saturated carbocycles. The highest BCUT2D eigenvalue weighted by Crippen LogP contribution is 2.17. The summed E-state index contributed by atoms with van der Waals surface area (Å²) in [5, 5.41) is 5.04. The predicted octanol–water partition coefficient (Wildman–Crippen LogP) is 1.49. The fourth-order valence-corrected chi connectivity index (χ4v) is 2.78. The number of carbonyl (C=O) groups excluding carboxylic acids is 3. The minimum Gasteiger partial charge on any atom is -0.369 e. The summed E-state index contributed by atoms with van der Waals surface area (Å²) in [7, 11) is 0. The highest BCUT2D eigenvalue weighted by atomic mass is 16.2. The highest BCUT2D eigenvalue weighted by molar-refractivity contribution is 5.95. The Morgan fingerprint density at radius 1 is 1.04 bits per heavy atom. The average molecular weight is 360 g/mol. The molecule has 0 radical (unpaired) electrons. The van der Waals surface area contributed by atoms with Gasteiger partial charge < -0.3 is 10.2 Å². The zero-order chi connectivity index (χ0) is 19.1. The zero-order valence-corrected chi connectivity index (χ0v) is 15.7. The van der Waals surface area contributed by atoms with Crippen molar-refractivity contribution in [1.82, 2.24) is 15.5 Å². The Balaban J connectivity index is 1.75. The van der Waals surface area contributed by atoms with Crippen molar-refractivity contribution in [2.75, 3.05) is 44.2 Å². The number of ketones is 1. The van der Waals surface area contributed by atoms with E-state index >= 15 is 0 Å². The van der Waals surface area contributed by atoms with Crippen LogP contribution in [0.5, 0.6) is 0 Å². The van der Waals surface area contributed by atoms with Gasteiger partial charge >= 0.3 is 6.03 Å². The molecule has 0 aromatic heterocycles. The summed E-state index contributed by atoms with van der Waals surface area (Å²) in [5.74, 6) is 0.115. The molecule has 1 heterocycles. The Morgan fingerprint density at radius 3 is 2.19 bits per heavy atom. The molecule has 0 unspecified atom stereocenters. The van der Waals surface area contributed by atoms with E-state index in [2.05, 4.69) is 15.5 Å². The standard InChI is InChI=1S/C19H28N4O3/c1-14(2)12-20-19(26)21-18(25)13-22-8-10-23(11-9-22)17-6-4-16(5-7-17)15(3)24/h4-7,14H,8-13H2,1-3H3,(H2,20,21,25,26). The van der Waals surface area contributed by atoms with Crippen LogP contribution in [0.2, 0.25) is 0 Å². The summed E-state index contributed by atoms with van der Waals surface area (Å²) >= 11 is 0. The normalized spacial score (nSPS) is 15.0. The van der Waals surface area contributed by atoms with Crippen LogP contribution in [0.25, 0.3) is 0 Å². The number of piperazine rings is 1. The summed E-state index contributed by atoms with van der Waals surface area (Å²) in [6.07, 6.45) is 0. The number of nitrogens with one attached hydrogen (secondary N) is 2. The molecular weight excluding hydrogens is 332 g/mol. The summed E-state index contributed by atoms with van der Waals surface area (Å²) in [4.78, 5) is 39.2. The van der Waals surface area contributed by atoms with Crippen LogP contribution in [0.3, 0.4) is 0 Å². The molecule has 7 nitrogen and oxygen atoms in total. The predicted molar refractivity (Wildman–Crippen MR) is 101 cm³/mol. The van der Waals surface area contributed by atoms with Gasteiger partial charge in [0.25, 0.3) is 0 Å². The Hall–Kier alpha value is -2.41. The molecule has 7 heteroatoms. The van der Waals surface area contributed by atoms with Gasteiger partial charge in [-0.15, -0.1) is 0 Å². The van der Waals surface area contributed by atoms with Gasteiger partial charge in [-0.2, -0.15) is 0 Å². The largest absolute Gasteiger partial charge is 0.369 e. The van der Waals surface area contributed by atoms with Gasteiger partial charge in [-0.25, -0.2) is 4.79 Å². The number of anilines is 1. The van der Waals surface area contributed by atoms with Crippen LogP contribution >= 0.6 is 0 Å². The van der Waals surface area contributed by atoms with Crippen LogP contribution in [0.15, 0.2) is 24.3 Å². The summed E-state index contributed by atoms with van der Waals surface area (Å²) in [5.41, 5.74) is 1.78. The van der Waals surface area contributed by atoms with Crippen LogP contribution in [0.1, 0.15) is 31.1 Å². The van der Waals surface area contributed by atoms with Crippen LogP contribution in [0, 0.1) is 5.92 Å². The maximum atomic E-state index is 12.0. The second-order valence-corrected chi connectivity index (χ2v) is 7.02. The first-order valence-electron chi connectivity index (χ1n) is 9.01. The van der Waals surface area contributed by atoms with E-state index in [0.29, 0.717) is 18.0 Å². The van der Waals surface area contributed by atoms with E-state index in [0.717, 1.165) is 31.9 Å². The van der Waals surface area contributed by atoms with Gasteiger partial charge in [0.05, 0.1) is 6.54 Å². The fourth-order valence-electron chi connectivity index (χ4n) is 2.78. The lowest BCUT2D eigenvalue weighted by Gasteiger charge is -2.35. The summed E-state index contributed by atoms with van der Waals surface area (Å²) < 4.78 is 0. The molecule has 1 aromatic rings. The molecule has 1 aromatic carbocycles. The lowest BCUT2D eigenvalue weighted by molar-refractivity contribution is -0.121. The van der Waals surface area contributed by atoms with Gasteiger partial charge in [0.2, 0.25) is 5.91 Å². The Kier molecular flexibility index (Phi) is 7.15. The van der Waals surface area contributed by atoms with E-state index < -0.39 is 6.03 Å². The van der Waals surface area contributed by atoms with Gasteiger partial charge in [-0.3, -0.25) is 19.8 Å². The third-order valence-corrected chi connectivity index (χ3v) is 4.30. The maximum absolute atomic E-state index is 12.0. The number of amides is 3. The van der Waals surface area contributed by atoms with E-state index in [1.54, 1.807) is 6.92 Å². The van der Waals surface area contributed by atoms with Crippen LogP contribution in [-0.2, 0) is 4.79 Å². The second kappa shape index (κ2) is 9.33. The van der Waals surface area contributed by atoms with E-state index in [-0.39, 0.29) is 18.2 Å². The molecule has 0 bridgehead atoms. The molecule has 2 rings (SSSR count). The van der Waals surface area contributed by atoms with Crippen molar-refractivity contribution in [2.45, 2.75) is 20.8 Å². The Morgan fingerprint density at radius 2 is 1.65 bits per heavy atom. The molecule has 1 fully saturated rings. The summed E-state index contributed by atoms with van der Waals surface area (Å²) in [6, 6.07) is 7.16. The number of carbonyl (C=O) groups is 3. The molecule has 3 amide bonds. The van der Waals surface area contributed by atoms with Crippen LogP contribution < -0.4 is 15.5 Å². The molecule has 1 aliphatic heterocycles. The monoisotopic (exact) mass is 360 g/mol. The van der Waals surface area contributed by atoms with E-state index in [1.165, 1.54) is 0 Å². The Bertz CT molecular complexity index is 635. The third kappa shape index (κ3) is 6.15. The van der Waals surface area contributed by atoms with Crippen molar-refractivity contribution in [3.8, 4) is 0 Å². The third-order valence-electron chi connectivity index (χ3n) is 4.30. The number of imide groups is 1. The van der Waals surface area contributed by atoms with Crippen molar-refractivity contribution >= 4 is 23.4 Å². The van der Waals surface area contributed by atoms with Crippen molar-refractivity contribution in [2.24, 2.45) is 5.92 Å². The fraction of sp³-hybridized carbons (Fsp3) is 0.526. The number of hydrogen-bond acceptors (Lipinski definition) is 5. The number of hydrogen-bond donors (Lipinski definition) is 2. The van der Waals surface area contributed by atoms with Crippen molar-refractivity contribution < 1.29 is 14.4 Å². The molecule has 1 aliphatic rings. The number of benzene rings is 1. The lowest BCUT2D eigenvalue weighted by Crippen LogP contribution is -2.51. The van der Waals surface area contributed by atoms with Crippen molar-refractivity contribution in [1.29, 1.82) is 0 Å². The topological polar surface area (TPSA) is 81.8 Å². The molecule has 2 N–H and O–H groups in total. The zero-order valence-electron chi connectivity index (χ0n) is 15.7. The second-order valence-electron chi connectivity index (χ2n) is 7.02. The van der Waals surface area contributed by atoms with Crippen molar-refractivity contribution in [3.63, 3.8) is 0 Å². The molecule has 0 atom stereocenters. The SMILES string of the molecule is CC(=O)c1ccc(N2CCN(CC(=O)NC(=O)NCC(C)C)CC2)cc1. The molecule has 1 saturated heterocycles. The van der Waals surface area contributed by atoms with E-state index in [4.69, 9.17) is 0 Å². The quantitative estimate of drug-likeness (QED) is 0.751. The summed E-state index contributed by atoms with van der Waals surface area (Å²) in [6.45, 7) is 9.39. The molecular formula is C19H28N4O3. The molecule has 26 heavy (non-hydrogen) atoms. The van der Waals surface area contributed by atoms with Crippen LogP contribution in [-0.4, -0.2) is 61.9 Å². The van der Waals surface area contributed by atoms with Gasteiger partial charge in [0, 0.05) is 44.0 Å². The number of Topliss-reactive ketones (excluding diaryl/α,β-unsaturated/α-hetero) is 1. The first kappa shape index (κ1) is 19.9. The number of urea groups is 1. The van der Waals surface area contributed by atoms with Gasteiger partial charge in [-0.05, 0) is 37.1 Å². The van der Waals surface area contributed by atoms with Gasteiger partial charge in [0.1, 0.15) is 0 Å². The van der Waals surface area contributed by atoms with Gasteiger partial charge in [0.15, 0.2) is 5.78 Å². The van der Waals surface area contributed by atoms with E-state index in [9.17, 15) is 14.4 Å². The molecule has 142 valence electrons. The molecule has 0 aliphatic carbocycles. The lowest BCUT2D eigenvalue weighted by atomic mass is 10.1. The molecule has 0 spiro atoms. The van der Waals surface area contributed by atoms with Crippen LogP contribution in [0.4, 0.5) is 10.5 Å². The average Bonchev–Trinajstić information content (AvgIpc) is 2.60. The number of nitrogens with zero attached hydrogens (tertiary/aromatic N) is 2. The number of rotatable bonds is 6. The first-order valence-corrected chi connectivity index (χ1v) is 9.01. The smallest absolute Gasteiger partial charge is 0.321 e. The Labute approximate surface area is 154 Å². The highest BCUT2D eigenvalue weighted by Gasteiger charge is 2.20. The maximum Gasteiger partial charge on any atom is 0.321 e. The first-order chi connectivity index (χ1) is 12.3. The van der Waals surface area contributed by atoms with E-state index in [1.807, 2.05) is 43.0 Å². The minimum absolute atomic E-state index is 0.0600.